The van der Waals surface area contributed by atoms with E-state index < -0.39 is 23.8 Å². The normalized spacial score (nSPS) is 18.7. The van der Waals surface area contributed by atoms with Crippen molar-refractivity contribution in [2.75, 3.05) is 7.05 Å². The molecule has 1 aliphatic carbocycles. The van der Waals surface area contributed by atoms with Gasteiger partial charge in [-0.05, 0) is 55.2 Å². The maximum absolute atomic E-state index is 11.8. The van der Waals surface area contributed by atoms with Crippen LogP contribution in [0.4, 0.5) is 0 Å². The molecule has 1 radical (unpaired) electrons. The zero-order valence-electron chi connectivity index (χ0n) is 15.2. The molecular weight excluding hydrogens is 352 g/mol. The number of nitrogens with two attached hydrogens (primary N) is 1. The van der Waals surface area contributed by atoms with Crippen LogP contribution in [0.15, 0.2) is 24.3 Å². The van der Waals surface area contributed by atoms with E-state index in [1.165, 1.54) is 13.5 Å². The summed E-state index contributed by atoms with van der Waals surface area (Å²) in [6.07, 6.45) is 7.24. The van der Waals surface area contributed by atoms with Crippen molar-refractivity contribution < 1.29 is 14.7 Å². The van der Waals surface area contributed by atoms with Gasteiger partial charge in [-0.15, -0.1) is 0 Å². The monoisotopic (exact) mass is 379 g/mol. The fraction of sp³-hybridized carbons (Fsp3) is 0.550. The van der Waals surface area contributed by atoms with Crippen LogP contribution in [0.25, 0.3) is 0 Å². The predicted molar refractivity (Wildman–Crippen MR) is 102 cm³/mol. The first-order valence-corrected chi connectivity index (χ1v) is 9.52. The minimum absolute atomic E-state index is 0.0113. The number of rotatable bonds is 8. The quantitative estimate of drug-likeness (QED) is 0.606. The summed E-state index contributed by atoms with van der Waals surface area (Å²) in [7, 11) is 1.46. The molecule has 4 N–H and O–H groups in total. The van der Waals surface area contributed by atoms with E-state index >= 15 is 0 Å². The molecule has 1 aliphatic rings. The number of primary amides is 1. The molecule has 1 aromatic carbocycles. The number of aliphatic hydroxyl groups is 1. The van der Waals surface area contributed by atoms with Crippen LogP contribution in [0.2, 0.25) is 5.02 Å². The van der Waals surface area contributed by atoms with E-state index in [4.69, 9.17) is 17.3 Å². The van der Waals surface area contributed by atoms with Crippen molar-refractivity contribution in [3.8, 4) is 0 Å². The first-order chi connectivity index (χ1) is 12.3. The molecule has 26 heavy (non-hydrogen) atoms. The van der Waals surface area contributed by atoms with Gasteiger partial charge in [0, 0.05) is 12.1 Å². The van der Waals surface area contributed by atoms with Crippen LogP contribution in [-0.4, -0.2) is 30.1 Å². The number of carbonyl (C=O) groups excluding carboxylic acids is 2. The lowest BCUT2D eigenvalue weighted by Gasteiger charge is -2.39. The van der Waals surface area contributed by atoms with Crippen molar-refractivity contribution in [3.63, 3.8) is 0 Å². The summed E-state index contributed by atoms with van der Waals surface area (Å²) < 4.78 is 0. The van der Waals surface area contributed by atoms with Crippen molar-refractivity contribution in [2.45, 2.75) is 51.0 Å². The second kappa shape index (κ2) is 9.38. The molecule has 0 saturated heterocycles. The van der Waals surface area contributed by atoms with Crippen molar-refractivity contribution in [1.29, 1.82) is 0 Å². The van der Waals surface area contributed by atoms with Crippen LogP contribution in [-0.2, 0) is 16.0 Å². The van der Waals surface area contributed by atoms with Gasteiger partial charge < -0.3 is 16.2 Å². The van der Waals surface area contributed by atoms with Crippen molar-refractivity contribution in [3.05, 3.63) is 41.3 Å². The van der Waals surface area contributed by atoms with Crippen LogP contribution in [0.1, 0.15) is 44.1 Å². The number of amides is 2. The van der Waals surface area contributed by atoms with E-state index in [0.29, 0.717) is 5.02 Å². The largest absolute Gasteiger partial charge is 0.393 e. The molecule has 2 amide bonds. The highest BCUT2D eigenvalue weighted by molar-refractivity contribution is 6.30. The van der Waals surface area contributed by atoms with Crippen molar-refractivity contribution in [2.24, 2.45) is 17.1 Å². The van der Waals surface area contributed by atoms with Gasteiger partial charge in [-0.3, -0.25) is 9.59 Å². The second-order valence-corrected chi connectivity index (χ2v) is 7.70. The zero-order chi connectivity index (χ0) is 19.2. The third-order valence-corrected chi connectivity index (χ3v) is 5.50. The number of hydrogen-bond donors (Lipinski definition) is 3. The molecular formula is C20H28ClN2O3. The van der Waals surface area contributed by atoms with Crippen molar-refractivity contribution in [1.82, 2.24) is 5.32 Å². The van der Waals surface area contributed by atoms with Gasteiger partial charge in [0.15, 0.2) is 0 Å². The topological polar surface area (TPSA) is 92.4 Å². The summed E-state index contributed by atoms with van der Waals surface area (Å²) in [6, 6.07) is 7.77. The lowest BCUT2D eigenvalue weighted by atomic mass is 9.66. The molecule has 0 unspecified atom stereocenters. The predicted octanol–water partition coefficient (Wildman–Crippen LogP) is 2.64. The Morgan fingerprint density at radius 1 is 1.27 bits per heavy atom. The fourth-order valence-electron chi connectivity index (χ4n) is 3.91. The molecule has 1 fully saturated rings. The molecule has 5 nitrogen and oxygen atoms in total. The number of aliphatic hydroxyl groups excluding tert-OH is 1. The summed E-state index contributed by atoms with van der Waals surface area (Å²) in [4.78, 5) is 23.4. The molecule has 2 atom stereocenters. The van der Waals surface area contributed by atoms with Crippen LogP contribution >= 0.6 is 11.6 Å². The van der Waals surface area contributed by atoms with E-state index in [0.717, 1.165) is 37.7 Å². The molecule has 0 aliphatic heterocycles. The highest BCUT2D eigenvalue weighted by Crippen LogP contribution is 2.43. The molecule has 0 bridgehead atoms. The van der Waals surface area contributed by atoms with E-state index in [9.17, 15) is 14.7 Å². The van der Waals surface area contributed by atoms with Gasteiger partial charge in [-0.1, -0.05) is 43.0 Å². The van der Waals surface area contributed by atoms with Gasteiger partial charge in [-0.25, -0.2) is 0 Å². The van der Waals surface area contributed by atoms with Gasteiger partial charge in [0.05, 0.1) is 6.10 Å². The lowest BCUT2D eigenvalue weighted by molar-refractivity contribution is -0.134. The third kappa shape index (κ3) is 5.71. The number of hydrogen-bond acceptors (Lipinski definition) is 3. The first-order valence-electron chi connectivity index (χ1n) is 9.15. The zero-order valence-corrected chi connectivity index (χ0v) is 16.0. The molecule has 1 saturated carbocycles. The highest BCUT2D eigenvalue weighted by Gasteiger charge is 2.36. The Morgan fingerprint density at radius 2 is 1.88 bits per heavy atom. The Bertz CT molecular complexity index is 612. The summed E-state index contributed by atoms with van der Waals surface area (Å²) in [5.41, 5.74) is 6.35. The van der Waals surface area contributed by atoms with E-state index in [1.54, 1.807) is 0 Å². The van der Waals surface area contributed by atoms with Crippen molar-refractivity contribution >= 4 is 23.4 Å². The molecule has 1 aromatic rings. The molecule has 2 rings (SSSR count). The van der Waals surface area contributed by atoms with Crippen LogP contribution in [0, 0.1) is 17.8 Å². The maximum Gasteiger partial charge on any atom is 0.232 e. The summed E-state index contributed by atoms with van der Waals surface area (Å²) in [6.45, 7) is 0. The minimum atomic E-state index is -1.03. The number of halogens is 1. The summed E-state index contributed by atoms with van der Waals surface area (Å²) in [5, 5.41) is 13.7. The molecule has 0 aromatic heterocycles. The Morgan fingerprint density at radius 3 is 2.42 bits per heavy atom. The van der Waals surface area contributed by atoms with Gasteiger partial charge in [0.2, 0.25) is 11.8 Å². The first kappa shape index (κ1) is 20.7. The maximum atomic E-state index is 11.8. The van der Waals surface area contributed by atoms with E-state index in [1.807, 2.05) is 30.7 Å². The van der Waals surface area contributed by atoms with E-state index in [2.05, 4.69) is 5.32 Å². The highest BCUT2D eigenvalue weighted by atomic mass is 35.5. The standard InChI is InChI=1S/C20H28ClN2O3/c1-23-19(26)17(18(22)25)11-16(24)13-20(9-3-2-4-10-20)12-14-5-7-15(21)8-6-14/h5-8,13,16-17,24H,2-4,9-12H2,1H3,(H2,22,25)(H,23,26)/t16-,17-/m1/s1. The number of carbonyl (C=O) groups is 2. The summed E-state index contributed by atoms with van der Waals surface area (Å²) in [5.74, 6) is -2.20. The molecule has 0 heterocycles. The van der Waals surface area contributed by atoms with Gasteiger partial charge in [0.25, 0.3) is 0 Å². The smallest absolute Gasteiger partial charge is 0.232 e. The molecule has 0 spiro atoms. The molecule has 143 valence electrons. The van der Waals surface area contributed by atoms with Crippen LogP contribution in [0.3, 0.4) is 0 Å². The summed E-state index contributed by atoms with van der Waals surface area (Å²) >= 11 is 5.97. The number of nitrogens with one attached hydrogen (secondary N) is 1. The second-order valence-electron chi connectivity index (χ2n) is 7.27. The average molecular weight is 380 g/mol. The fourth-order valence-corrected chi connectivity index (χ4v) is 4.04. The van der Waals surface area contributed by atoms with Gasteiger partial charge >= 0.3 is 0 Å². The Balaban J connectivity index is 2.09. The van der Waals surface area contributed by atoms with Crippen LogP contribution in [0.5, 0.6) is 0 Å². The minimum Gasteiger partial charge on any atom is -0.393 e. The van der Waals surface area contributed by atoms with Gasteiger partial charge in [0.1, 0.15) is 5.92 Å². The average Bonchev–Trinajstić information content (AvgIpc) is 2.61. The third-order valence-electron chi connectivity index (χ3n) is 5.25. The SMILES string of the molecule is CNC(=O)[C@H](C[C@@H](O)[CH]C1(Cc2ccc(Cl)cc2)CCCCC1)C(N)=O. The van der Waals surface area contributed by atoms with Gasteiger partial charge in [-0.2, -0.15) is 0 Å². The lowest BCUT2D eigenvalue weighted by Crippen LogP contribution is -2.41. The Hall–Kier alpha value is -1.59. The Kier molecular flexibility index (Phi) is 7.47. The Labute approximate surface area is 160 Å². The van der Waals surface area contributed by atoms with E-state index in [-0.39, 0.29) is 11.8 Å². The molecule has 6 heteroatoms. The number of benzene rings is 1. The van der Waals surface area contributed by atoms with Crippen LogP contribution < -0.4 is 11.1 Å².